The number of hydrogen-bond donors (Lipinski definition) is 2. The van der Waals surface area contributed by atoms with Crippen LogP contribution in [0.4, 0.5) is 17.1 Å². The number of halogens is 1. The first-order valence-corrected chi connectivity index (χ1v) is 11.1. The van der Waals surface area contributed by atoms with Gasteiger partial charge >= 0.3 is 0 Å². The second-order valence-corrected chi connectivity index (χ2v) is 8.71. The number of anilines is 3. The van der Waals surface area contributed by atoms with Gasteiger partial charge in [0.25, 0.3) is 0 Å². The number of methoxy groups -OCH3 is 1. The number of aromatic nitrogens is 2. The summed E-state index contributed by atoms with van der Waals surface area (Å²) in [6.45, 7) is 1.94. The van der Waals surface area contributed by atoms with Gasteiger partial charge in [-0.25, -0.2) is 0 Å². The summed E-state index contributed by atoms with van der Waals surface area (Å²) in [4.78, 5) is 22.1. The Labute approximate surface area is 196 Å². The molecule has 2 aromatic heterocycles. The number of ether oxygens (including phenoxy) is 1. The van der Waals surface area contributed by atoms with Crippen LogP contribution in [0.2, 0.25) is 5.02 Å². The number of carbonyl (C=O) groups excluding carboxylic acids is 1. The summed E-state index contributed by atoms with van der Waals surface area (Å²) in [5.74, 6) is 0.705. The predicted octanol–water partition coefficient (Wildman–Crippen LogP) is 6.19. The number of carbonyl (C=O) groups is 1. The first-order chi connectivity index (χ1) is 15.9. The van der Waals surface area contributed by atoms with E-state index in [9.17, 15) is 4.79 Å². The minimum absolute atomic E-state index is 0.0734. The minimum atomic E-state index is 0.0734. The third kappa shape index (κ3) is 4.10. The van der Waals surface area contributed by atoms with Crippen LogP contribution < -0.4 is 15.8 Å². The maximum Gasteiger partial charge on any atom is 0.169 e. The number of Topliss-reactive ketones (excluding diaryl/α,β-unsaturated/α-hetero) is 1. The summed E-state index contributed by atoms with van der Waals surface area (Å²) in [5.41, 5.74) is 12.0. The smallest absolute Gasteiger partial charge is 0.169 e. The molecule has 4 aromatic rings. The molecule has 0 saturated heterocycles. The zero-order chi connectivity index (χ0) is 23.1. The molecule has 1 aliphatic rings. The lowest BCUT2D eigenvalue weighted by molar-refractivity contribution is 0.0968. The van der Waals surface area contributed by atoms with Crippen LogP contribution in [-0.2, 0) is 0 Å². The van der Waals surface area contributed by atoms with Gasteiger partial charge in [-0.1, -0.05) is 17.7 Å². The summed E-state index contributed by atoms with van der Waals surface area (Å²) >= 11 is 6.34. The van der Waals surface area contributed by atoms with Crippen molar-refractivity contribution in [2.24, 2.45) is 5.92 Å². The van der Waals surface area contributed by atoms with Gasteiger partial charge in [-0.3, -0.25) is 14.8 Å². The van der Waals surface area contributed by atoms with Crippen molar-refractivity contribution in [3.8, 4) is 16.9 Å². The van der Waals surface area contributed by atoms with Crippen LogP contribution >= 0.6 is 11.6 Å². The Bertz CT molecular complexity index is 1380. The molecule has 0 bridgehead atoms. The number of pyridine rings is 2. The standard InChI is InChI=1S/C26H23ClN4O2/c1-14-3-7-18(12-29-14)31-25-19-9-16(17-10-21(27)24(28)23(11-17)33-2)6-8-22(19)30-13-20(25)26(32)15-4-5-15/h3,6-13,15H,4-5,28H2,1-2H3,(H,30,31). The highest BCUT2D eigenvalue weighted by Crippen LogP contribution is 2.40. The van der Waals surface area contributed by atoms with Crippen molar-refractivity contribution in [1.82, 2.24) is 9.97 Å². The molecule has 7 heteroatoms. The van der Waals surface area contributed by atoms with Gasteiger partial charge in [0, 0.05) is 23.2 Å². The van der Waals surface area contributed by atoms with Crippen LogP contribution in [0.5, 0.6) is 5.75 Å². The average Bonchev–Trinajstić information content (AvgIpc) is 3.67. The van der Waals surface area contributed by atoms with E-state index in [-0.39, 0.29) is 11.7 Å². The lowest BCUT2D eigenvalue weighted by Gasteiger charge is -2.16. The van der Waals surface area contributed by atoms with E-state index < -0.39 is 0 Å². The van der Waals surface area contributed by atoms with E-state index >= 15 is 0 Å². The molecule has 0 unspecified atom stereocenters. The highest BCUT2D eigenvalue weighted by atomic mass is 35.5. The van der Waals surface area contributed by atoms with E-state index in [2.05, 4.69) is 15.3 Å². The molecule has 0 aliphatic heterocycles. The number of nitrogens with two attached hydrogens (primary N) is 1. The monoisotopic (exact) mass is 458 g/mol. The van der Waals surface area contributed by atoms with Crippen molar-refractivity contribution in [3.05, 3.63) is 71.1 Å². The van der Waals surface area contributed by atoms with E-state index in [4.69, 9.17) is 22.1 Å². The molecular weight excluding hydrogens is 436 g/mol. The van der Waals surface area contributed by atoms with Crippen molar-refractivity contribution in [3.63, 3.8) is 0 Å². The van der Waals surface area contributed by atoms with Crippen LogP contribution in [0.1, 0.15) is 28.9 Å². The van der Waals surface area contributed by atoms with E-state index in [0.717, 1.165) is 51.9 Å². The van der Waals surface area contributed by atoms with Crippen LogP contribution in [0.25, 0.3) is 22.0 Å². The number of nitrogen functional groups attached to an aromatic ring is 1. The lowest BCUT2D eigenvalue weighted by Crippen LogP contribution is -2.07. The van der Waals surface area contributed by atoms with Gasteiger partial charge in [0.2, 0.25) is 0 Å². The fourth-order valence-electron chi connectivity index (χ4n) is 3.87. The molecular formula is C26H23ClN4O2. The molecule has 3 N–H and O–H groups in total. The number of hydrogen-bond acceptors (Lipinski definition) is 6. The van der Waals surface area contributed by atoms with E-state index in [0.29, 0.717) is 22.0 Å². The van der Waals surface area contributed by atoms with E-state index in [1.165, 1.54) is 0 Å². The summed E-state index contributed by atoms with van der Waals surface area (Å²) in [7, 11) is 1.56. The number of nitrogens with one attached hydrogen (secondary N) is 1. The molecule has 0 spiro atoms. The average molecular weight is 459 g/mol. The van der Waals surface area contributed by atoms with Gasteiger partial charge in [0.1, 0.15) is 5.75 Å². The minimum Gasteiger partial charge on any atom is -0.495 e. The maximum atomic E-state index is 13.1. The van der Waals surface area contributed by atoms with Gasteiger partial charge in [-0.2, -0.15) is 0 Å². The zero-order valence-electron chi connectivity index (χ0n) is 18.4. The zero-order valence-corrected chi connectivity index (χ0v) is 19.1. The van der Waals surface area contributed by atoms with Crippen LogP contribution in [-0.4, -0.2) is 22.9 Å². The van der Waals surface area contributed by atoms with Crippen molar-refractivity contribution in [1.29, 1.82) is 0 Å². The number of ketones is 1. The number of fused-ring (bicyclic) bond motifs is 1. The third-order valence-electron chi connectivity index (χ3n) is 5.91. The predicted molar refractivity (Wildman–Crippen MR) is 132 cm³/mol. The molecule has 0 radical (unpaired) electrons. The molecule has 166 valence electrons. The Balaban J connectivity index is 1.68. The van der Waals surface area contributed by atoms with Gasteiger partial charge in [-0.15, -0.1) is 0 Å². The molecule has 1 fully saturated rings. The summed E-state index contributed by atoms with van der Waals surface area (Å²) < 4.78 is 5.39. The highest BCUT2D eigenvalue weighted by molar-refractivity contribution is 6.33. The Morgan fingerprint density at radius 1 is 1.09 bits per heavy atom. The van der Waals surface area contributed by atoms with Crippen LogP contribution in [0.15, 0.2) is 54.9 Å². The molecule has 1 aliphatic carbocycles. The summed E-state index contributed by atoms with van der Waals surface area (Å²) in [6.07, 6.45) is 5.29. The third-order valence-corrected chi connectivity index (χ3v) is 6.22. The Morgan fingerprint density at radius 3 is 2.61 bits per heavy atom. The van der Waals surface area contributed by atoms with Crippen molar-refractivity contribution >= 4 is 45.3 Å². The van der Waals surface area contributed by atoms with Crippen LogP contribution in [0, 0.1) is 12.8 Å². The molecule has 6 nitrogen and oxygen atoms in total. The van der Waals surface area contributed by atoms with E-state index in [1.54, 1.807) is 19.5 Å². The number of benzene rings is 2. The van der Waals surface area contributed by atoms with E-state index in [1.807, 2.05) is 49.4 Å². The molecule has 2 heterocycles. The number of nitrogens with zero attached hydrogens (tertiary/aromatic N) is 2. The molecule has 2 aromatic carbocycles. The second-order valence-electron chi connectivity index (χ2n) is 8.30. The largest absolute Gasteiger partial charge is 0.495 e. The molecule has 0 amide bonds. The Kier molecular flexibility index (Phi) is 5.38. The SMILES string of the molecule is COc1cc(-c2ccc3ncc(C(=O)C4CC4)c(Nc4ccc(C)nc4)c3c2)cc(Cl)c1N. The molecule has 1 saturated carbocycles. The van der Waals surface area contributed by atoms with Gasteiger partial charge < -0.3 is 15.8 Å². The second kappa shape index (κ2) is 8.37. The fraction of sp³-hybridized carbons (Fsp3) is 0.192. The first-order valence-electron chi connectivity index (χ1n) is 10.7. The molecule has 33 heavy (non-hydrogen) atoms. The van der Waals surface area contributed by atoms with Crippen molar-refractivity contribution in [2.75, 3.05) is 18.2 Å². The highest BCUT2D eigenvalue weighted by Gasteiger charge is 2.32. The Hall–Kier alpha value is -3.64. The Morgan fingerprint density at radius 2 is 1.91 bits per heavy atom. The van der Waals surface area contributed by atoms with Gasteiger partial charge in [0.15, 0.2) is 5.78 Å². The maximum absolute atomic E-state index is 13.1. The lowest BCUT2D eigenvalue weighted by atomic mass is 9.98. The molecule has 5 rings (SSSR count). The fourth-order valence-corrected chi connectivity index (χ4v) is 4.08. The molecule has 0 atom stereocenters. The van der Waals surface area contributed by atoms with Gasteiger partial charge in [-0.05, 0) is 67.3 Å². The van der Waals surface area contributed by atoms with Gasteiger partial charge in [0.05, 0.1) is 46.5 Å². The summed E-state index contributed by atoms with van der Waals surface area (Å²) in [5, 5.41) is 4.69. The van der Waals surface area contributed by atoms with Crippen LogP contribution in [0.3, 0.4) is 0 Å². The number of rotatable bonds is 6. The number of aryl methyl sites for hydroxylation is 1. The van der Waals surface area contributed by atoms with Crippen molar-refractivity contribution < 1.29 is 9.53 Å². The first kappa shape index (κ1) is 21.2. The topological polar surface area (TPSA) is 90.1 Å². The van der Waals surface area contributed by atoms with Crippen molar-refractivity contribution in [2.45, 2.75) is 19.8 Å². The quantitative estimate of drug-likeness (QED) is 0.264. The summed E-state index contributed by atoms with van der Waals surface area (Å²) in [6, 6.07) is 13.5. The normalized spacial score (nSPS) is 13.2.